The molecule has 7 heteroatoms. The highest BCUT2D eigenvalue weighted by molar-refractivity contribution is 7.92. The molecule has 6 nitrogen and oxygen atoms in total. The average Bonchev–Trinajstić information content (AvgIpc) is 2.78. The van der Waals surface area contributed by atoms with Crippen molar-refractivity contribution in [2.75, 3.05) is 23.3 Å². The smallest absolute Gasteiger partial charge is 0.264 e. The minimum absolute atomic E-state index is 0.144. The first-order chi connectivity index (χ1) is 14.8. The number of nitrogens with one attached hydrogen (secondary N) is 1. The molecule has 0 saturated heterocycles. The quantitative estimate of drug-likeness (QED) is 0.566. The van der Waals surface area contributed by atoms with Crippen molar-refractivity contribution in [3.05, 3.63) is 83.9 Å². The first-order valence-electron chi connectivity index (χ1n) is 9.97. The number of anilines is 2. The van der Waals surface area contributed by atoms with Crippen LogP contribution < -0.4 is 14.4 Å². The summed E-state index contributed by atoms with van der Waals surface area (Å²) in [4.78, 5) is 12.4. The van der Waals surface area contributed by atoms with Crippen LogP contribution in [0, 0.1) is 6.92 Å². The van der Waals surface area contributed by atoms with Gasteiger partial charge in [0.25, 0.3) is 15.9 Å². The number of ether oxygens (including phenoxy) is 1. The van der Waals surface area contributed by atoms with Crippen molar-refractivity contribution >= 4 is 27.3 Å². The lowest BCUT2D eigenvalue weighted by atomic mass is 10.1. The molecule has 0 radical (unpaired) electrons. The third-order valence-electron chi connectivity index (χ3n) is 4.92. The van der Waals surface area contributed by atoms with E-state index in [1.54, 1.807) is 48.5 Å². The van der Waals surface area contributed by atoms with Crippen molar-refractivity contribution in [2.45, 2.75) is 25.2 Å². The van der Waals surface area contributed by atoms with Gasteiger partial charge in [-0.1, -0.05) is 42.8 Å². The zero-order chi connectivity index (χ0) is 22.4. The highest BCUT2D eigenvalue weighted by Gasteiger charge is 2.21. The summed E-state index contributed by atoms with van der Waals surface area (Å²) in [5.41, 5.74) is 3.31. The van der Waals surface area contributed by atoms with Crippen LogP contribution in [0.5, 0.6) is 5.75 Å². The van der Waals surface area contributed by atoms with Crippen molar-refractivity contribution < 1.29 is 17.9 Å². The highest BCUT2D eigenvalue weighted by atomic mass is 32.2. The summed E-state index contributed by atoms with van der Waals surface area (Å²) >= 11 is 0. The second-order valence-corrected chi connectivity index (χ2v) is 9.10. The maximum atomic E-state index is 12.8. The van der Waals surface area contributed by atoms with Gasteiger partial charge in [0, 0.05) is 12.7 Å². The molecule has 0 aliphatic rings. The predicted molar refractivity (Wildman–Crippen MR) is 123 cm³/mol. The number of carbonyl (C=O) groups excluding carboxylic acids is 1. The first-order valence-corrected chi connectivity index (χ1v) is 11.4. The molecular formula is C24H26N2O4S. The van der Waals surface area contributed by atoms with Crippen molar-refractivity contribution in [3.63, 3.8) is 0 Å². The molecule has 1 N–H and O–H groups in total. The molecule has 0 saturated carbocycles. The average molecular weight is 439 g/mol. The molecular weight excluding hydrogens is 412 g/mol. The van der Waals surface area contributed by atoms with Gasteiger partial charge in [0.05, 0.1) is 10.6 Å². The molecule has 3 aromatic carbocycles. The van der Waals surface area contributed by atoms with Gasteiger partial charge in [-0.05, 0) is 61.4 Å². The molecule has 3 rings (SSSR count). The molecule has 0 spiro atoms. The molecule has 0 bridgehead atoms. The number of nitrogens with zero attached hydrogens (tertiary/aromatic N) is 1. The standard InChI is InChI=1S/C24H26N2O4S/c1-4-19-7-5-6-8-23(19)25-24(27)17-30-21-13-11-20(12-14-21)26(3)31(28,29)22-15-9-18(2)10-16-22/h5-16H,4,17H2,1-3H3,(H,25,27). The fraction of sp³-hybridized carbons (Fsp3) is 0.208. The topological polar surface area (TPSA) is 75.7 Å². The van der Waals surface area contributed by atoms with Gasteiger partial charge in [-0.2, -0.15) is 0 Å². The second-order valence-electron chi connectivity index (χ2n) is 7.13. The Kier molecular flexibility index (Phi) is 6.97. The van der Waals surface area contributed by atoms with E-state index in [4.69, 9.17) is 4.74 Å². The maximum Gasteiger partial charge on any atom is 0.264 e. The molecule has 0 aliphatic heterocycles. The van der Waals surface area contributed by atoms with Crippen LogP contribution in [0.2, 0.25) is 0 Å². The minimum Gasteiger partial charge on any atom is -0.484 e. The van der Waals surface area contributed by atoms with E-state index in [2.05, 4.69) is 5.32 Å². The number of para-hydroxylation sites is 1. The summed E-state index contributed by atoms with van der Waals surface area (Å²) in [6.45, 7) is 3.79. The van der Waals surface area contributed by atoms with E-state index in [0.29, 0.717) is 11.4 Å². The molecule has 3 aromatic rings. The number of amides is 1. The normalized spacial score (nSPS) is 11.1. The van der Waals surface area contributed by atoms with Gasteiger partial charge >= 0.3 is 0 Å². The van der Waals surface area contributed by atoms with E-state index >= 15 is 0 Å². The summed E-state index contributed by atoms with van der Waals surface area (Å²) in [6.07, 6.45) is 0.817. The Bertz CT molecular complexity index is 1140. The lowest BCUT2D eigenvalue weighted by Gasteiger charge is -2.20. The summed E-state index contributed by atoms with van der Waals surface area (Å²) in [6, 6.07) is 20.9. The van der Waals surface area contributed by atoms with Crippen molar-refractivity contribution in [1.82, 2.24) is 0 Å². The maximum absolute atomic E-state index is 12.8. The van der Waals surface area contributed by atoms with Crippen molar-refractivity contribution in [1.29, 1.82) is 0 Å². The molecule has 31 heavy (non-hydrogen) atoms. The van der Waals surface area contributed by atoms with E-state index in [1.807, 2.05) is 38.1 Å². The van der Waals surface area contributed by atoms with Crippen LogP contribution >= 0.6 is 0 Å². The number of carbonyl (C=O) groups is 1. The fourth-order valence-corrected chi connectivity index (χ4v) is 4.24. The van der Waals surface area contributed by atoms with Crippen LogP contribution in [-0.4, -0.2) is 28.0 Å². The zero-order valence-corrected chi connectivity index (χ0v) is 18.6. The molecule has 1 amide bonds. The number of aryl methyl sites for hydroxylation is 2. The van der Waals surface area contributed by atoms with E-state index in [0.717, 1.165) is 23.2 Å². The fourth-order valence-electron chi connectivity index (χ4n) is 3.05. The van der Waals surface area contributed by atoms with Crippen LogP contribution in [0.1, 0.15) is 18.1 Å². The third kappa shape index (κ3) is 5.44. The van der Waals surface area contributed by atoms with Gasteiger partial charge in [-0.15, -0.1) is 0 Å². The van der Waals surface area contributed by atoms with Crippen molar-refractivity contribution in [2.24, 2.45) is 0 Å². The third-order valence-corrected chi connectivity index (χ3v) is 6.72. The van der Waals surface area contributed by atoms with Gasteiger partial charge in [0.2, 0.25) is 0 Å². The van der Waals surface area contributed by atoms with Gasteiger partial charge in [0.1, 0.15) is 5.75 Å². The van der Waals surface area contributed by atoms with E-state index < -0.39 is 10.0 Å². The second kappa shape index (κ2) is 9.66. The number of benzene rings is 3. The lowest BCUT2D eigenvalue weighted by Crippen LogP contribution is -2.26. The minimum atomic E-state index is -3.66. The summed E-state index contributed by atoms with van der Waals surface area (Å²) < 4.78 is 32.4. The number of hydrogen-bond acceptors (Lipinski definition) is 4. The Hall–Kier alpha value is -3.32. The van der Waals surface area contributed by atoms with Crippen LogP contribution in [0.3, 0.4) is 0 Å². The van der Waals surface area contributed by atoms with Crippen LogP contribution in [-0.2, 0) is 21.2 Å². The van der Waals surface area contributed by atoms with Crippen LogP contribution in [0.4, 0.5) is 11.4 Å². The Balaban J connectivity index is 1.62. The molecule has 0 heterocycles. The first kappa shape index (κ1) is 22.4. The lowest BCUT2D eigenvalue weighted by molar-refractivity contribution is -0.118. The summed E-state index contributed by atoms with van der Waals surface area (Å²) in [5, 5.41) is 2.85. The van der Waals surface area contributed by atoms with Gasteiger partial charge in [0.15, 0.2) is 6.61 Å². The van der Waals surface area contributed by atoms with E-state index in [-0.39, 0.29) is 17.4 Å². The van der Waals surface area contributed by atoms with Gasteiger partial charge in [-0.25, -0.2) is 8.42 Å². The largest absolute Gasteiger partial charge is 0.484 e. The van der Waals surface area contributed by atoms with E-state index in [1.165, 1.54) is 11.4 Å². The zero-order valence-electron chi connectivity index (χ0n) is 17.8. The predicted octanol–water partition coefficient (Wildman–Crippen LogP) is 4.40. The van der Waals surface area contributed by atoms with Crippen LogP contribution in [0.25, 0.3) is 0 Å². The molecule has 0 aliphatic carbocycles. The Morgan fingerprint density at radius 3 is 2.26 bits per heavy atom. The number of sulfonamides is 1. The van der Waals surface area contributed by atoms with Crippen molar-refractivity contribution in [3.8, 4) is 5.75 Å². The molecule has 0 aromatic heterocycles. The highest BCUT2D eigenvalue weighted by Crippen LogP contribution is 2.24. The number of rotatable bonds is 8. The van der Waals surface area contributed by atoms with Gasteiger partial charge < -0.3 is 10.1 Å². The van der Waals surface area contributed by atoms with Gasteiger partial charge in [-0.3, -0.25) is 9.10 Å². The molecule has 0 fully saturated rings. The Labute approximate surface area is 183 Å². The Morgan fingerprint density at radius 2 is 1.61 bits per heavy atom. The monoisotopic (exact) mass is 438 g/mol. The van der Waals surface area contributed by atoms with Crippen LogP contribution in [0.15, 0.2) is 77.7 Å². The summed E-state index contributed by atoms with van der Waals surface area (Å²) in [7, 11) is -2.16. The van der Waals surface area contributed by atoms with E-state index in [9.17, 15) is 13.2 Å². The summed E-state index contributed by atoms with van der Waals surface area (Å²) in [5.74, 6) is 0.216. The molecule has 0 unspecified atom stereocenters. The molecule has 162 valence electrons. The molecule has 0 atom stereocenters. The number of hydrogen-bond donors (Lipinski definition) is 1. The Morgan fingerprint density at radius 1 is 0.968 bits per heavy atom. The SMILES string of the molecule is CCc1ccccc1NC(=O)COc1ccc(N(C)S(=O)(=O)c2ccc(C)cc2)cc1.